The number of nitrogens with zero attached hydrogens (tertiary/aromatic N) is 2. The molecule has 0 radical (unpaired) electrons. The van der Waals surface area contributed by atoms with Gasteiger partial charge in [0.2, 0.25) is 0 Å². The Labute approximate surface area is 174 Å². The van der Waals surface area contributed by atoms with Gasteiger partial charge >= 0.3 is 6.18 Å². The minimum Gasteiger partial charge on any atom is -0.316 e. The molecule has 0 N–H and O–H groups in total. The van der Waals surface area contributed by atoms with Crippen LogP contribution >= 0.6 is 39.9 Å². The van der Waals surface area contributed by atoms with Crippen molar-refractivity contribution in [2.75, 3.05) is 0 Å². The maximum Gasteiger partial charge on any atom is 0.416 e. The Morgan fingerprint density at radius 2 is 1.81 bits per heavy atom. The lowest BCUT2D eigenvalue weighted by Crippen LogP contribution is -2.15. The molecular weight excluding hydrogens is 461 g/mol. The summed E-state index contributed by atoms with van der Waals surface area (Å²) in [6.45, 7) is 2.77. The molecular formula is C19H17BrClF3N2S. The molecule has 2 nitrogen and oxygen atoms in total. The van der Waals surface area contributed by atoms with E-state index in [2.05, 4.69) is 4.99 Å². The smallest absolute Gasteiger partial charge is 0.316 e. The highest BCUT2D eigenvalue weighted by Gasteiger charge is 2.30. The molecule has 0 spiro atoms. The Morgan fingerprint density at radius 1 is 1.11 bits per heavy atom. The third kappa shape index (κ3) is 5.24. The minimum absolute atomic E-state index is 0. The van der Waals surface area contributed by atoms with Crippen LogP contribution in [0.25, 0.3) is 11.3 Å². The molecule has 0 bridgehead atoms. The van der Waals surface area contributed by atoms with Crippen molar-refractivity contribution >= 4 is 45.6 Å². The first-order chi connectivity index (χ1) is 12.4. The summed E-state index contributed by atoms with van der Waals surface area (Å²) in [4.78, 5) is 5.12. The number of aromatic nitrogens is 1. The van der Waals surface area contributed by atoms with Crippen LogP contribution in [0, 0.1) is 0 Å². The van der Waals surface area contributed by atoms with Gasteiger partial charge < -0.3 is 4.57 Å². The summed E-state index contributed by atoms with van der Waals surface area (Å²) in [5.74, 6) is 0. The average molecular weight is 478 g/mol. The first-order valence-electron chi connectivity index (χ1n) is 8.04. The van der Waals surface area contributed by atoms with Gasteiger partial charge in [-0.2, -0.15) is 13.2 Å². The van der Waals surface area contributed by atoms with Crippen LogP contribution in [0.2, 0.25) is 5.02 Å². The second-order valence-electron chi connectivity index (χ2n) is 5.72. The first kappa shape index (κ1) is 21.7. The van der Waals surface area contributed by atoms with Crippen LogP contribution in [-0.4, -0.2) is 4.57 Å². The van der Waals surface area contributed by atoms with Gasteiger partial charge in [0.1, 0.15) is 0 Å². The van der Waals surface area contributed by atoms with Gasteiger partial charge in [0, 0.05) is 16.9 Å². The van der Waals surface area contributed by atoms with Crippen LogP contribution in [-0.2, 0) is 12.7 Å². The predicted molar refractivity (Wildman–Crippen MR) is 110 cm³/mol. The Bertz CT molecular complexity index is 962. The molecule has 2 aromatic carbocycles. The van der Waals surface area contributed by atoms with E-state index in [9.17, 15) is 13.2 Å². The van der Waals surface area contributed by atoms with E-state index in [0.717, 1.165) is 36.4 Å². The molecule has 0 aliphatic rings. The number of hydrogen-bond acceptors (Lipinski definition) is 2. The largest absolute Gasteiger partial charge is 0.416 e. The number of thiazole rings is 1. The zero-order valence-corrected chi connectivity index (χ0v) is 17.6. The van der Waals surface area contributed by atoms with Crippen molar-refractivity contribution in [1.29, 1.82) is 0 Å². The van der Waals surface area contributed by atoms with E-state index in [1.807, 2.05) is 41.1 Å². The molecule has 27 heavy (non-hydrogen) atoms. The van der Waals surface area contributed by atoms with Crippen molar-refractivity contribution in [1.82, 2.24) is 4.57 Å². The predicted octanol–water partition coefficient (Wildman–Crippen LogP) is 7.11. The highest BCUT2D eigenvalue weighted by atomic mass is 79.9. The molecule has 0 saturated carbocycles. The summed E-state index contributed by atoms with van der Waals surface area (Å²) in [7, 11) is 0. The van der Waals surface area contributed by atoms with Crippen molar-refractivity contribution < 1.29 is 13.2 Å². The fourth-order valence-electron chi connectivity index (χ4n) is 2.57. The molecule has 144 valence electrons. The van der Waals surface area contributed by atoms with Gasteiger partial charge in [-0.15, -0.1) is 28.3 Å². The van der Waals surface area contributed by atoms with Crippen molar-refractivity contribution in [2.45, 2.75) is 26.1 Å². The maximum atomic E-state index is 12.9. The van der Waals surface area contributed by atoms with Gasteiger partial charge in [-0.3, -0.25) is 0 Å². The summed E-state index contributed by atoms with van der Waals surface area (Å²) in [5.41, 5.74) is 1.55. The van der Waals surface area contributed by atoms with Crippen LogP contribution in [0.5, 0.6) is 0 Å². The second kappa shape index (κ2) is 9.08. The zero-order chi connectivity index (χ0) is 18.7. The van der Waals surface area contributed by atoms with Crippen LogP contribution in [0.4, 0.5) is 18.9 Å². The molecule has 0 unspecified atom stereocenters. The van der Waals surface area contributed by atoms with Gasteiger partial charge in [0.25, 0.3) is 0 Å². The fourth-order valence-corrected chi connectivity index (χ4v) is 3.65. The van der Waals surface area contributed by atoms with Gasteiger partial charge in [-0.05, 0) is 42.3 Å². The van der Waals surface area contributed by atoms with Crippen LogP contribution in [0.1, 0.15) is 18.9 Å². The van der Waals surface area contributed by atoms with Crippen molar-refractivity contribution in [3.05, 3.63) is 69.3 Å². The molecule has 0 aliphatic heterocycles. The summed E-state index contributed by atoms with van der Waals surface area (Å²) in [5, 5.41) is 2.62. The van der Waals surface area contributed by atoms with E-state index >= 15 is 0 Å². The van der Waals surface area contributed by atoms with Crippen LogP contribution in [0.3, 0.4) is 0 Å². The molecule has 1 aromatic heterocycles. The Hall–Kier alpha value is -1.57. The molecule has 0 fully saturated rings. The number of alkyl halides is 3. The summed E-state index contributed by atoms with van der Waals surface area (Å²) >= 11 is 7.36. The molecule has 0 amide bonds. The number of rotatable bonds is 4. The van der Waals surface area contributed by atoms with E-state index in [0.29, 0.717) is 9.82 Å². The number of hydrogen-bond donors (Lipinski definition) is 0. The van der Waals surface area contributed by atoms with Gasteiger partial charge in [-0.1, -0.05) is 36.7 Å². The molecule has 0 saturated heterocycles. The molecule has 0 atom stereocenters. The van der Waals surface area contributed by atoms with Crippen molar-refractivity contribution in [3.8, 4) is 11.3 Å². The SMILES string of the molecule is Br.CCCn1c(-c2ccc(Cl)cc2)csc1=Nc1cccc(C(F)(F)F)c1. The lowest BCUT2D eigenvalue weighted by Gasteiger charge is -2.08. The van der Waals surface area contributed by atoms with Crippen LogP contribution < -0.4 is 4.80 Å². The van der Waals surface area contributed by atoms with Gasteiger partial charge in [-0.25, -0.2) is 4.99 Å². The van der Waals surface area contributed by atoms with E-state index in [4.69, 9.17) is 11.6 Å². The molecule has 3 rings (SSSR count). The summed E-state index contributed by atoms with van der Waals surface area (Å²) in [6.07, 6.45) is -3.50. The van der Waals surface area contributed by atoms with E-state index < -0.39 is 11.7 Å². The zero-order valence-electron chi connectivity index (χ0n) is 14.3. The highest BCUT2D eigenvalue weighted by Crippen LogP contribution is 2.31. The van der Waals surface area contributed by atoms with Gasteiger partial charge in [0.15, 0.2) is 4.80 Å². The third-order valence-electron chi connectivity index (χ3n) is 3.78. The Morgan fingerprint density at radius 3 is 2.44 bits per heavy atom. The molecule has 8 heteroatoms. The number of halogens is 5. The molecule has 1 heterocycles. The Balaban J connectivity index is 0.00000261. The third-order valence-corrected chi connectivity index (χ3v) is 4.90. The summed E-state index contributed by atoms with van der Waals surface area (Å²) in [6, 6.07) is 12.5. The lowest BCUT2D eigenvalue weighted by molar-refractivity contribution is -0.137. The monoisotopic (exact) mass is 476 g/mol. The summed E-state index contributed by atoms with van der Waals surface area (Å²) < 4.78 is 40.8. The van der Waals surface area contributed by atoms with Crippen molar-refractivity contribution in [3.63, 3.8) is 0 Å². The minimum atomic E-state index is -4.38. The van der Waals surface area contributed by atoms with E-state index in [1.165, 1.54) is 17.4 Å². The van der Waals surface area contributed by atoms with Crippen LogP contribution in [0.15, 0.2) is 58.9 Å². The molecule has 0 aliphatic carbocycles. The topological polar surface area (TPSA) is 17.3 Å². The van der Waals surface area contributed by atoms with Gasteiger partial charge in [0.05, 0.1) is 16.9 Å². The number of benzene rings is 2. The average Bonchev–Trinajstić information content (AvgIpc) is 2.98. The van der Waals surface area contributed by atoms with E-state index in [-0.39, 0.29) is 22.7 Å². The Kier molecular flexibility index (Phi) is 7.31. The normalized spacial score (nSPS) is 12.1. The standard InChI is InChI=1S/C19H16ClF3N2S.BrH/c1-2-10-25-17(13-6-8-15(20)9-7-13)12-26-18(25)24-16-5-3-4-14(11-16)19(21,22)23;/h3-9,11-12H,2,10H2,1H3;1H. The highest BCUT2D eigenvalue weighted by molar-refractivity contribution is 8.93. The van der Waals surface area contributed by atoms with E-state index in [1.54, 1.807) is 6.07 Å². The lowest BCUT2D eigenvalue weighted by atomic mass is 10.2. The quantitative estimate of drug-likeness (QED) is 0.381. The fraction of sp³-hybridized carbons (Fsp3) is 0.211. The second-order valence-corrected chi connectivity index (χ2v) is 6.99. The maximum absolute atomic E-state index is 12.9. The first-order valence-corrected chi connectivity index (χ1v) is 9.30. The molecule has 3 aromatic rings. The van der Waals surface area contributed by atoms with Crippen molar-refractivity contribution in [2.24, 2.45) is 4.99 Å².